The summed E-state index contributed by atoms with van der Waals surface area (Å²) in [6.45, 7) is 3.23. The molecule has 8 heteroatoms. The molecule has 1 unspecified atom stereocenters. The first-order valence-electron chi connectivity index (χ1n) is 11.6. The van der Waals surface area contributed by atoms with Crippen LogP contribution in [0.2, 0.25) is 0 Å². The smallest absolute Gasteiger partial charge is 0.254 e. The lowest BCUT2D eigenvalue weighted by atomic mass is 10.1. The molecule has 2 aromatic carbocycles. The topological polar surface area (TPSA) is 63.0 Å². The molecule has 3 aromatic rings. The van der Waals surface area contributed by atoms with Crippen LogP contribution in [-0.2, 0) is 22.6 Å². The maximum absolute atomic E-state index is 13.6. The highest BCUT2D eigenvalue weighted by Crippen LogP contribution is 2.19. The summed E-state index contributed by atoms with van der Waals surface area (Å²) in [6, 6.07) is 16.9. The summed E-state index contributed by atoms with van der Waals surface area (Å²) in [7, 11) is 0. The number of nitrogens with zero attached hydrogens (tertiary/aromatic N) is 2. The molecule has 4 rings (SSSR count). The van der Waals surface area contributed by atoms with Gasteiger partial charge in [0.1, 0.15) is 23.9 Å². The van der Waals surface area contributed by atoms with Gasteiger partial charge in [0.25, 0.3) is 5.91 Å². The highest BCUT2D eigenvalue weighted by molar-refractivity contribution is 9.10. The van der Waals surface area contributed by atoms with Gasteiger partial charge in [0.05, 0.1) is 12.6 Å². The van der Waals surface area contributed by atoms with E-state index in [-0.39, 0.29) is 43.4 Å². The minimum atomic E-state index is -0.337. The van der Waals surface area contributed by atoms with E-state index in [1.807, 2.05) is 25.1 Å². The van der Waals surface area contributed by atoms with Gasteiger partial charge in [0, 0.05) is 29.7 Å². The zero-order chi connectivity index (χ0) is 24.8. The summed E-state index contributed by atoms with van der Waals surface area (Å²) in [5, 5.41) is 0. The number of benzene rings is 2. The number of hydrogen-bond acceptors (Lipinski definition) is 4. The predicted octanol–water partition coefficient (Wildman–Crippen LogP) is 5.34. The van der Waals surface area contributed by atoms with Gasteiger partial charge < -0.3 is 19.0 Å². The van der Waals surface area contributed by atoms with Crippen molar-refractivity contribution in [2.24, 2.45) is 0 Å². The summed E-state index contributed by atoms with van der Waals surface area (Å²) in [6.07, 6.45) is 1.69. The van der Waals surface area contributed by atoms with Gasteiger partial charge in [0.2, 0.25) is 5.91 Å². The third-order valence-electron chi connectivity index (χ3n) is 5.92. The highest BCUT2D eigenvalue weighted by Gasteiger charge is 2.27. The van der Waals surface area contributed by atoms with E-state index >= 15 is 0 Å². The molecule has 1 aliphatic heterocycles. The molecule has 0 spiro atoms. The van der Waals surface area contributed by atoms with E-state index in [1.54, 1.807) is 40.1 Å². The zero-order valence-corrected chi connectivity index (χ0v) is 21.2. The summed E-state index contributed by atoms with van der Waals surface area (Å²) < 4.78 is 25.7. The van der Waals surface area contributed by atoms with Crippen molar-refractivity contribution in [3.05, 3.63) is 93.6 Å². The molecule has 6 nitrogen and oxygen atoms in total. The zero-order valence-electron chi connectivity index (χ0n) is 19.6. The maximum atomic E-state index is 13.6. The molecular weight excluding hydrogens is 515 g/mol. The van der Waals surface area contributed by atoms with Gasteiger partial charge in [-0.05, 0) is 67.8 Å². The van der Waals surface area contributed by atoms with Gasteiger partial charge in [-0.15, -0.1) is 0 Å². The Hall–Kier alpha value is -2.97. The molecular formula is C27H28BrFN2O4. The molecule has 1 aromatic heterocycles. The predicted molar refractivity (Wildman–Crippen MR) is 133 cm³/mol. The number of amides is 2. The van der Waals surface area contributed by atoms with Crippen LogP contribution in [0.5, 0.6) is 0 Å². The minimum Gasteiger partial charge on any atom is -0.464 e. The van der Waals surface area contributed by atoms with Gasteiger partial charge in [-0.25, -0.2) is 4.39 Å². The fourth-order valence-electron chi connectivity index (χ4n) is 4.12. The number of halogens is 2. The van der Waals surface area contributed by atoms with Crippen LogP contribution in [0.4, 0.5) is 4.39 Å². The largest absolute Gasteiger partial charge is 0.464 e. The lowest BCUT2D eigenvalue weighted by molar-refractivity contribution is -0.133. The number of rotatable bonds is 9. The van der Waals surface area contributed by atoms with Crippen LogP contribution in [0.1, 0.15) is 40.3 Å². The Morgan fingerprint density at radius 3 is 2.51 bits per heavy atom. The molecule has 0 radical (unpaired) electrons. The Bertz CT molecular complexity index is 1160. The Balaban J connectivity index is 1.56. The Morgan fingerprint density at radius 1 is 1.06 bits per heavy atom. The van der Waals surface area contributed by atoms with Crippen molar-refractivity contribution in [1.82, 2.24) is 9.80 Å². The Morgan fingerprint density at radius 2 is 1.86 bits per heavy atom. The van der Waals surface area contributed by atoms with Crippen LogP contribution in [-0.4, -0.2) is 47.4 Å². The molecule has 0 N–H and O–H groups in total. The highest BCUT2D eigenvalue weighted by atomic mass is 79.9. The second-order valence-electron chi connectivity index (χ2n) is 8.72. The van der Waals surface area contributed by atoms with Gasteiger partial charge in [0.15, 0.2) is 0 Å². The van der Waals surface area contributed by atoms with Crippen LogP contribution in [0.25, 0.3) is 0 Å². The van der Waals surface area contributed by atoms with Gasteiger partial charge >= 0.3 is 0 Å². The van der Waals surface area contributed by atoms with Crippen LogP contribution in [0.3, 0.4) is 0 Å². The minimum absolute atomic E-state index is 0.0998. The summed E-state index contributed by atoms with van der Waals surface area (Å²) in [5.41, 5.74) is 1.28. The fourth-order valence-corrected chi connectivity index (χ4v) is 4.52. The monoisotopic (exact) mass is 542 g/mol. The quantitative estimate of drug-likeness (QED) is 0.366. The fraction of sp³-hybridized carbons (Fsp3) is 0.333. The van der Waals surface area contributed by atoms with E-state index in [0.717, 1.165) is 28.6 Å². The van der Waals surface area contributed by atoms with Gasteiger partial charge in [-0.1, -0.05) is 34.1 Å². The second-order valence-corrected chi connectivity index (χ2v) is 9.64. The first-order valence-corrected chi connectivity index (χ1v) is 12.4. The third-order valence-corrected chi connectivity index (χ3v) is 6.41. The van der Waals surface area contributed by atoms with Crippen molar-refractivity contribution in [1.29, 1.82) is 0 Å². The van der Waals surface area contributed by atoms with Crippen molar-refractivity contribution in [3.8, 4) is 0 Å². The molecule has 0 saturated carbocycles. The van der Waals surface area contributed by atoms with Crippen molar-refractivity contribution in [2.75, 3.05) is 19.7 Å². The first kappa shape index (κ1) is 25.1. The molecule has 1 aliphatic rings. The van der Waals surface area contributed by atoms with E-state index < -0.39 is 0 Å². The number of hydrogen-bond donors (Lipinski definition) is 0. The SMILES string of the molecule is Cc1ccc(CN(Cc2ccc(F)cc2)C(=O)CN(CC2CCCO2)C(=O)c2cccc(Br)c2)o1. The average molecular weight is 543 g/mol. The average Bonchev–Trinajstić information content (AvgIpc) is 3.50. The van der Waals surface area contributed by atoms with Crippen molar-refractivity contribution < 1.29 is 23.1 Å². The third kappa shape index (κ3) is 7.02. The van der Waals surface area contributed by atoms with E-state index in [4.69, 9.17) is 9.15 Å². The van der Waals surface area contributed by atoms with Crippen LogP contribution in [0, 0.1) is 12.7 Å². The summed E-state index contributed by atoms with van der Waals surface area (Å²) in [5.74, 6) is 0.590. The molecule has 2 heterocycles. The number of carbonyl (C=O) groups excluding carboxylic acids is 2. The molecule has 0 bridgehead atoms. The number of carbonyl (C=O) groups is 2. The first-order chi connectivity index (χ1) is 16.9. The summed E-state index contributed by atoms with van der Waals surface area (Å²) >= 11 is 3.42. The molecule has 1 fully saturated rings. The molecule has 0 aliphatic carbocycles. The lowest BCUT2D eigenvalue weighted by Gasteiger charge is -2.29. The van der Waals surface area contributed by atoms with E-state index in [9.17, 15) is 14.0 Å². The van der Waals surface area contributed by atoms with Crippen molar-refractivity contribution >= 4 is 27.7 Å². The second kappa shape index (κ2) is 11.6. The standard InChI is InChI=1S/C27H28BrFN2O4/c1-19-7-12-25(35-19)17-30(15-20-8-10-23(29)11-9-20)26(32)18-31(16-24-6-3-13-34-24)27(33)21-4-2-5-22(28)14-21/h2,4-5,7-12,14,24H,3,6,13,15-18H2,1H3. The van der Waals surface area contributed by atoms with Crippen LogP contribution >= 0.6 is 15.9 Å². The number of furan rings is 1. The van der Waals surface area contributed by atoms with Gasteiger partial charge in [-0.2, -0.15) is 0 Å². The Kier molecular flexibility index (Phi) is 8.36. The van der Waals surface area contributed by atoms with Crippen molar-refractivity contribution in [2.45, 2.75) is 39.0 Å². The molecule has 1 saturated heterocycles. The summed E-state index contributed by atoms with van der Waals surface area (Å²) in [4.78, 5) is 30.2. The molecule has 1 atom stereocenters. The normalized spacial score (nSPS) is 15.2. The number of aryl methyl sites for hydroxylation is 1. The van der Waals surface area contributed by atoms with Crippen LogP contribution in [0.15, 0.2) is 69.6 Å². The molecule has 35 heavy (non-hydrogen) atoms. The van der Waals surface area contributed by atoms with E-state index in [2.05, 4.69) is 15.9 Å². The van der Waals surface area contributed by atoms with Crippen LogP contribution < -0.4 is 0 Å². The van der Waals surface area contributed by atoms with E-state index in [1.165, 1.54) is 12.1 Å². The van der Waals surface area contributed by atoms with Gasteiger partial charge in [-0.3, -0.25) is 9.59 Å². The molecule has 184 valence electrons. The maximum Gasteiger partial charge on any atom is 0.254 e. The number of ether oxygens (including phenoxy) is 1. The molecule has 2 amide bonds. The van der Waals surface area contributed by atoms with E-state index in [0.29, 0.717) is 24.5 Å². The van der Waals surface area contributed by atoms with Crippen molar-refractivity contribution in [3.63, 3.8) is 0 Å². The lowest BCUT2D eigenvalue weighted by Crippen LogP contribution is -2.45. The Labute approximate surface area is 212 Å².